The highest BCUT2D eigenvalue weighted by atomic mass is 32.2. The SMILES string of the molecule is O=C(CSCC(=O)n1c2c(c3ccccc31)CCCC2)Nc1ccccc1. The highest BCUT2D eigenvalue weighted by Crippen LogP contribution is 2.32. The molecule has 138 valence electrons. The van der Waals surface area contributed by atoms with E-state index < -0.39 is 0 Å². The van der Waals surface area contributed by atoms with Crippen LogP contribution < -0.4 is 5.32 Å². The Morgan fingerprint density at radius 3 is 2.52 bits per heavy atom. The van der Waals surface area contributed by atoms with Gasteiger partial charge in [-0.2, -0.15) is 0 Å². The number of benzene rings is 2. The molecular weight excluding hydrogens is 356 g/mol. The lowest BCUT2D eigenvalue weighted by Gasteiger charge is -2.15. The van der Waals surface area contributed by atoms with Gasteiger partial charge in [-0.15, -0.1) is 11.8 Å². The lowest BCUT2D eigenvalue weighted by atomic mass is 9.96. The topological polar surface area (TPSA) is 51.1 Å². The first-order valence-corrected chi connectivity index (χ1v) is 10.5. The third-order valence-corrected chi connectivity index (χ3v) is 5.86. The van der Waals surface area contributed by atoms with Gasteiger partial charge >= 0.3 is 0 Å². The average Bonchev–Trinajstić information content (AvgIpc) is 3.03. The number of fused-ring (bicyclic) bond motifs is 3. The monoisotopic (exact) mass is 378 g/mol. The zero-order valence-electron chi connectivity index (χ0n) is 15.1. The number of rotatable bonds is 5. The maximum atomic E-state index is 12.9. The molecule has 0 saturated heterocycles. The van der Waals surface area contributed by atoms with Crippen LogP contribution in [0, 0.1) is 0 Å². The van der Waals surface area contributed by atoms with Crippen LogP contribution in [0.15, 0.2) is 54.6 Å². The number of nitrogens with zero attached hydrogens (tertiary/aromatic N) is 1. The van der Waals surface area contributed by atoms with Gasteiger partial charge in [0, 0.05) is 16.8 Å². The molecule has 0 radical (unpaired) electrons. The van der Waals surface area contributed by atoms with Gasteiger partial charge in [0.25, 0.3) is 0 Å². The number of anilines is 1. The molecule has 0 unspecified atom stereocenters. The molecule has 1 aliphatic rings. The number of para-hydroxylation sites is 2. The summed E-state index contributed by atoms with van der Waals surface area (Å²) in [5.41, 5.74) is 4.28. The molecule has 0 bridgehead atoms. The van der Waals surface area contributed by atoms with Gasteiger partial charge in [0.15, 0.2) is 0 Å². The summed E-state index contributed by atoms with van der Waals surface area (Å²) in [6, 6.07) is 17.5. The molecule has 1 heterocycles. The normalized spacial score (nSPS) is 13.3. The number of hydrogen-bond donors (Lipinski definition) is 1. The second-order valence-corrected chi connectivity index (χ2v) is 7.77. The van der Waals surface area contributed by atoms with Crippen molar-refractivity contribution in [2.75, 3.05) is 16.8 Å². The quantitative estimate of drug-likeness (QED) is 0.709. The van der Waals surface area contributed by atoms with Crippen LogP contribution in [0.3, 0.4) is 0 Å². The van der Waals surface area contributed by atoms with Gasteiger partial charge in [-0.25, -0.2) is 0 Å². The smallest absolute Gasteiger partial charge is 0.241 e. The van der Waals surface area contributed by atoms with Crippen molar-refractivity contribution in [3.63, 3.8) is 0 Å². The van der Waals surface area contributed by atoms with E-state index in [-0.39, 0.29) is 17.6 Å². The molecule has 0 atom stereocenters. The van der Waals surface area contributed by atoms with E-state index in [1.165, 1.54) is 34.8 Å². The summed E-state index contributed by atoms with van der Waals surface area (Å²) in [6.07, 6.45) is 4.31. The third kappa shape index (κ3) is 3.78. The van der Waals surface area contributed by atoms with E-state index in [2.05, 4.69) is 11.4 Å². The number of hydrogen-bond acceptors (Lipinski definition) is 3. The predicted octanol–water partition coefficient (Wildman–Crippen LogP) is 4.53. The van der Waals surface area contributed by atoms with Crippen molar-refractivity contribution in [3.05, 3.63) is 65.9 Å². The Hall–Kier alpha value is -2.53. The molecule has 4 rings (SSSR count). The van der Waals surface area contributed by atoms with Crippen molar-refractivity contribution in [2.24, 2.45) is 0 Å². The van der Waals surface area contributed by atoms with Gasteiger partial charge in [0.05, 0.1) is 17.0 Å². The second-order valence-electron chi connectivity index (χ2n) is 6.79. The fraction of sp³-hybridized carbons (Fsp3) is 0.273. The van der Waals surface area contributed by atoms with Crippen molar-refractivity contribution in [3.8, 4) is 0 Å². The maximum Gasteiger partial charge on any atom is 0.241 e. The minimum Gasteiger partial charge on any atom is -0.325 e. The Balaban J connectivity index is 1.44. The predicted molar refractivity (Wildman–Crippen MR) is 112 cm³/mol. The summed E-state index contributed by atoms with van der Waals surface area (Å²) in [5.74, 6) is 0.542. The molecule has 4 nitrogen and oxygen atoms in total. The first kappa shape index (κ1) is 17.9. The summed E-state index contributed by atoms with van der Waals surface area (Å²) < 4.78 is 1.89. The molecule has 3 aromatic rings. The lowest BCUT2D eigenvalue weighted by Crippen LogP contribution is -2.20. The Kier molecular flexibility index (Phi) is 5.30. The highest BCUT2D eigenvalue weighted by Gasteiger charge is 2.23. The molecule has 0 saturated carbocycles. The second kappa shape index (κ2) is 8.01. The fourth-order valence-corrected chi connectivity index (χ4v) is 4.46. The Bertz CT molecular complexity index is 979. The minimum absolute atomic E-state index is 0.0619. The van der Waals surface area contributed by atoms with E-state index in [4.69, 9.17) is 0 Å². The van der Waals surface area contributed by atoms with E-state index in [9.17, 15) is 9.59 Å². The number of nitrogens with one attached hydrogen (secondary N) is 1. The van der Waals surface area contributed by atoms with Crippen LogP contribution in [0.25, 0.3) is 10.9 Å². The van der Waals surface area contributed by atoms with Gasteiger partial charge in [0.1, 0.15) is 0 Å². The van der Waals surface area contributed by atoms with Crippen LogP contribution in [-0.4, -0.2) is 27.9 Å². The minimum atomic E-state index is -0.0848. The van der Waals surface area contributed by atoms with Crippen LogP contribution in [0.2, 0.25) is 0 Å². The summed E-state index contributed by atoms with van der Waals surface area (Å²) in [6.45, 7) is 0. The molecule has 1 N–H and O–H groups in total. The Morgan fingerprint density at radius 1 is 0.926 bits per heavy atom. The molecular formula is C22H22N2O2S. The van der Waals surface area contributed by atoms with E-state index >= 15 is 0 Å². The maximum absolute atomic E-state index is 12.9. The number of aryl methyl sites for hydroxylation is 1. The largest absolute Gasteiger partial charge is 0.325 e. The number of amides is 1. The van der Waals surface area contributed by atoms with Gasteiger partial charge in [-0.05, 0) is 49.4 Å². The molecule has 5 heteroatoms. The highest BCUT2D eigenvalue weighted by molar-refractivity contribution is 8.00. The lowest BCUT2D eigenvalue weighted by molar-refractivity contribution is -0.113. The van der Waals surface area contributed by atoms with Crippen LogP contribution >= 0.6 is 11.8 Å². The van der Waals surface area contributed by atoms with Crippen molar-refractivity contribution >= 4 is 40.2 Å². The van der Waals surface area contributed by atoms with Gasteiger partial charge in [-0.3, -0.25) is 14.2 Å². The molecule has 0 spiro atoms. The van der Waals surface area contributed by atoms with Crippen molar-refractivity contribution < 1.29 is 9.59 Å². The first-order valence-electron chi connectivity index (χ1n) is 9.31. The summed E-state index contributed by atoms with van der Waals surface area (Å²) >= 11 is 1.36. The number of carbonyl (C=O) groups excluding carboxylic acids is 2. The van der Waals surface area contributed by atoms with Crippen LogP contribution in [-0.2, 0) is 17.6 Å². The van der Waals surface area contributed by atoms with Crippen LogP contribution in [0.1, 0.15) is 28.9 Å². The summed E-state index contributed by atoms with van der Waals surface area (Å²) in [7, 11) is 0. The standard InChI is InChI=1S/C22H22N2O2S/c25-21(23-16-8-2-1-3-9-16)14-27-15-22(26)24-19-12-6-4-10-17(19)18-11-5-7-13-20(18)24/h1-4,6,8-10,12H,5,7,11,13-15H2,(H,23,25). The van der Waals surface area contributed by atoms with Gasteiger partial charge in [0.2, 0.25) is 11.8 Å². The van der Waals surface area contributed by atoms with Crippen molar-refractivity contribution in [2.45, 2.75) is 25.7 Å². The average molecular weight is 378 g/mol. The Morgan fingerprint density at radius 2 is 1.67 bits per heavy atom. The zero-order valence-corrected chi connectivity index (χ0v) is 15.9. The number of aromatic nitrogens is 1. The van der Waals surface area contributed by atoms with Crippen molar-refractivity contribution in [1.82, 2.24) is 4.57 Å². The van der Waals surface area contributed by atoms with Gasteiger partial charge in [-0.1, -0.05) is 36.4 Å². The van der Waals surface area contributed by atoms with Crippen LogP contribution in [0.4, 0.5) is 5.69 Å². The number of carbonyl (C=O) groups is 2. The van der Waals surface area contributed by atoms with Crippen LogP contribution in [0.5, 0.6) is 0 Å². The summed E-state index contributed by atoms with van der Waals surface area (Å²) in [5, 5.41) is 4.05. The molecule has 1 amide bonds. The third-order valence-electron chi connectivity index (χ3n) is 4.94. The first-order chi connectivity index (χ1) is 13.2. The molecule has 27 heavy (non-hydrogen) atoms. The molecule has 0 aliphatic heterocycles. The Labute approximate surface area is 162 Å². The van der Waals surface area contributed by atoms with E-state index in [1.54, 1.807) is 0 Å². The van der Waals surface area contributed by atoms with E-state index in [0.717, 1.165) is 30.5 Å². The van der Waals surface area contributed by atoms with E-state index in [0.29, 0.717) is 5.75 Å². The zero-order chi connectivity index (χ0) is 18.6. The van der Waals surface area contributed by atoms with Crippen molar-refractivity contribution in [1.29, 1.82) is 0 Å². The number of thioether (sulfide) groups is 1. The molecule has 1 aliphatic carbocycles. The summed E-state index contributed by atoms with van der Waals surface area (Å²) in [4.78, 5) is 25.0. The molecule has 1 aromatic heterocycles. The van der Waals surface area contributed by atoms with Gasteiger partial charge < -0.3 is 5.32 Å². The molecule has 2 aromatic carbocycles. The molecule has 0 fully saturated rings. The van der Waals surface area contributed by atoms with E-state index in [1.807, 2.05) is 53.1 Å². The fourth-order valence-electron chi connectivity index (χ4n) is 3.79.